The van der Waals surface area contributed by atoms with Crippen molar-refractivity contribution < 1.29 is 4.79 Å². The molecule has 1 aliphatic rings. The highest BCUT2D eigenvalue weighted by molar-refractivity contribution is 6.14. The smallest absolute Gasteiger partial charge is 0.185 e. The lowest BCUT2D eigenvalue weighted by Gasteiger charge is -2.25. The van der Waals surface area contributed by atoms with E-state index in [1.165, 1.54) is 11.4 Å². The van der Waals surface area contributed by atoms with Crippen LogP contribution in [0.15, 0.2) is 59.7 Å². The molecule has 33 heavy (non-hydrogen) atoms. The van der Waals surface area contributed by atoms with Gasteiger partial charge in [0.2, 0.25) is 0 Å². The number of hydrogen-bond acceptors (Lipinski definition) is 3. The first-order valence-corrected chi connectivity index (χ1v) is 12.7. The number of rotatable bonds is 9. The standard InChI is InChI=1S/C30H40N2O/c1-6-23-19-26(21-24-11-15-28(16-12-24)31(7-2)8-3)30(33)27(20-23)22-25-13-17-29(18-14-25)32(9-4)10-5/h11-18,21-23H,6-10,19-20H2,1-5H3/b26-21-,27-22+. The minimum absolute atomic E-state index is 0.209. The number of hydrogen-bond donors (Lipinski definition) is 0. The number of benzene rings is 2. The lowest BCUT2D eigenvalue weighted by atomic mass is 9.78. The summed E-state index contributed by atoms with van der Waals surface area (Å²) in [4.78, 5) is 18.0. The number of Topliss-reactive ketones (excluding diaryl/α,β-unsaturated/α-hetero) is 1. The van der Waals surface area contributed by atoms with Crippen LogP contribution >= 0.6 is 0 Å². The molecule has 0 amide bonds. The molecule has 1 unspecified atom stereocenters. The highest BCUT2D eigenvalue weighted by atomic mass is 16.1. The third-order valence-electron chi connectivity index (χ3n) is 6.90. The zero-order valence-electron chi connectivity index (χ0n) is 21.1. The Morgan fingerprint density at radius 2 is 1.03 bits per heavy atom. The summed E-state index contributed by atoms with van der Waals surface area (Å²) in [5.41, 5.74) is 6.56. The van der Waals surface area contributed by atoms with Crippen LogP contribution in [0.2, 0.25) is 0 Å². The molecule has 1 fully saturated rings. The van der Waals surface area contributed by atoms with Crippen molar-refractivity contribution in [3.63, 3.8) is 0 Å². The molecular formula is C30H40N2O. The Kier molecular flexibility index (Phi) is 8.94. The molecular weight excluding hydrogens is 404 g/mol. The van der Waals surface area contributed by atoms with Crippen LogP contribution in [0.4, 0.5) is 11.4 Å². The van der Waals surface area contributed by atoms with Crippen molar-refractivity contribution in [2.75, 3.05) is 36.0 Å². The second kappa shape index (κ2) is 11.9. The molecule has 0 saturated heterocycles. The van der Waals surface area contributed by atoms with E-state index in [1.807, 2.05) is 0 Å². The van der Waals surface area contributed by atoms with Crippen LogP contribution in [0.25, 0.3) is 12.2 Å². The first-order chi connectivity index (χ1) is 16.0. The summed E-state index contributed by atoms with van der Waals surface area (Å²) >= 11 is 0. The summed E-state index contributed by atoms with van der Waals surface area (Å²) in [6.07, 6.45) is 7.03. The van der Waals surface area contributed by atoms with E-state index in [-0.39, 0.29) is 5.78 Å². The topological polar surface area (TPSA) is 23.6 Å². The second-order valence-electron chi connectivity index (χ2n) is 8.88. The van der Waals surface area contributed by atoms with Crippen LogP contribution in [0.1, 0.15) is 65.0 Å². The fourth-order valence-electron chi connectivity index (χ4n) is 4.77. The van der Waals surface area contributed by atoms with Gasteiger partial charge in [-0.15, -0.1) is 0 Å². The molecule has 2 aromatic carbocycles. The summed E-state index contributed by atoms with van der Waals surface area (Å²) in [6.45, 7) is 14.9. The molecule has 3 heteroatoms. The van der Waals surface area contributed by atoms with Gasteiger partial charge in [-0.1, -0.05) is 37.6 Å². The van der Waals surface area contributed by atoms with Crippen molar-refractivity contribution >= 4 is 29.3 Å². The molecule has 2 aromatic rings. The summed E-state index contributed by atoms with van der Waals surface area (Å²) in [6, 6.07) is 17.2. The van der Waals surface area contributed by atoms with E-state index in [1.54, 1.807) is 0 Å². The monoisotopic (exact) mass is 444 g/mol. The van der Waals surface area contributed by atoms with Gasteiger partial charge < -0.3 is 9.80 Å². The van der Waals surface area contributed by atoms with E-state index in [2.05, 4.69) is 105 Å². The lowest BCUT2D eigenvalue weighted by Crippen LogP contribution is -2.21. The van der Waals surface area contributed by atoms with Crippen molar-refractivity contribution in [1.29, 1.82) is 0 Å². The number of carbonyl (C=O) groups is 1. The first kappa shape index (κ1) is 24.8. The quantitative estimate of drug-likeness (QED) is 0.381. The number of anilines is 2. The van der Waals surface area contributed by atoms with Gasteiger partial charge in [-0.2, -0.15) is 0 Å². The Morgan fingerprint density at radius 1 is 0.667 bits per heavy atom. The summed E-state index contributed by atoms with van der Waals surface area (Å²) in [5, 5.41) is 0. The first-order valence-electron chi connectivity index (χ1n) is 12.7. The van der Waals surface area contributed by atoms with Gasteiger partial charge in [-0.3, -0.25) is 4.79 Å². The highest BCUT2D eigenvalue weighted by Crippen LogP contribution is 2.34. The molecule has 0 aliphatic heterocycles. The van der Waals surface area contributed by atoms with Crippen molar-refractivity contribution in [1.82, 2.24) is 0 Å². The predicted molar refractivity (Wildman–Crippen MR) is 144 cm³/mol. The van der Waals surface area contributed by atoms with Gasteiger partial charge >= 0.3 is 0 Å². The Bertz CT molecular complexity index is 884. The maximum Gasteiger partial charge on any atom is 0.185 e. The van der Waals surface area contributed by atoms with Crippen LogP contribution in [0.3, 0.4) is 0 Å². The Morgan fingerprint density at radius 3 is 1.33 bits per heavy atom. The normalized spacial score (nSPS) is 18.7. The lowest BCUT2D eigenvalue weighted by molar-refractivity contribution is -0.113. The van der Waals surface area contributed by atoms with E-state index in [9.17, 15) is 4.79 Å². The molecule has 0 heterocycles. The van der Waals surface area contributed by atoms with Crippen LogP contribution in [-0.2, 0) is 4.79 Å². The maximum atomic E-state index is 13.4. The summed E-state index contributed by atoms with van der Waals surface area (Å²) in [5.74, 6) is 0.727. The molecule has 1 aliphatic carbocycles. The minimum atomic E-state index is 0.209. The SMILES string of the molecule is CCC1C/C(=C/c2ccc(N(CC)CC)cc2)C(=O)/C(=C/c2ccc(N(CC)CC)cc2)C1. The minimum Gasteiger partial charge on any atom is -0.372 e. The van der Waals surface area contributed by atoms with Gasteiger partial charge in [0.15, 0.2) is 5.78 Å². The third-order valence-corrected chi connectivity index (χ3v) is 6.90. The highest BCUT2D eigenvalue weighted by Gasteiger charge is 2.26. The molecule has 0 bridgehead atoms. The fourth-order valence-corrected chi connectivity index (χ4v) is 4.77. The Labute approximate surface area is 200 Å². The van der Waals surface area contributed by atoms with Crippen molar-refractivity contribution in [3.05, 3.63) is 70.8 Å². The van der Waals surface area contributed by atoms with Crippen LogP contribution < -0.4 is 9.80 Å². The largest absolute Gasteiger partial charge is 0.372 e. The Hall–Kier alpha value is -2.81. The number of carbonyl (C=O) groups excluding carboxylic acids is 1. The predicted octanol–water partition coefficient (Wildman–Crippen LogP) is 7.24. The molecule has 176 valence electrons. The van der Waals surface area contributed by atoms with Crippen LogP contribution in [-0.4, -0.2) is 32.0 Å². The van der Waals surface area contributed by atoms with Crippen molar-refractivity contribution in [2.24, 2.45) is 5.92 Å². The molecule has 0 aromatic heterocycles. The Balaban J connectivity index is 1.84. The van der Waals surface area contributed by atoms with Crippen molar-refractivity contribution in [3.8, 4) is 0 Å². The third kappa shape index (κ3) is 6.16. The average Bonchev–Trinajstić information content (AvgIpc) is 2.85. The molecule has 0 N–H and O–H groups in total. The maximum absolute atomic E-state index is 13.4. The van der Waals surface area contributed by atoms with Crippen LogP contribution in [0, 0.1) is 5.92 Å². The second-order valence-corrected chi connectivity index (χ2v) is 8.88. The number of allylic oxidation sites excluding steroid dienone is 2. The fraction of sp³-hybridized carbons (Fsp3) is 0.433. The molecule has 1 atom stereocenters. The molecule has 0 radical (unpaired) electrons. The molecule has 3 rings (SSSR count). The van der Waals surface area contributed by atoms with E-state index in [0.29, 0.717) is 5.92 Å². The molecule has 3 nitrogen and oxygen atoms in total. The van der Waals surface area contributed by atoms with E-state index >= 15 is 0 Å². The van der Waals surface area contributed by atoms with Gasteiger partial charge in [0, 0.05) is 48.7 Å². The zero-order valence-corrected chi connectivity index (χ0v) is 21.1. The number of ketones is 1. The van der Waals surface area contributed by atoms with E-state index < -0.39 is 0 Å². The average molecular weight is 445 g/mol. The number of nitrogens with zero attached hydrogens (tertiary/aromatic N) is 2. The van der Waals surface area contributed by atoms with Gasteiger partial charge in [0.05, 0.1) is 0 Å². The van der Waals surface area contributed by atoms with Gasteiger partial charge in [0.1, 0.15) is 0 Å². The summed E-state index contributed by atoms with van der Waals surface area (Å²) in [7, 11) is 0. The van der Waals surface area contributed by atoms with Crippen molar-refractivity contribution in [2.45, 2.75) is 53.9 Å². The van der Waals surface area contributed by atoms with Gasteiger partial charge in [-0.05, 0) is 94.0 Å². The zero-order chi connectivity index (χ0) is 23.8. The van der Waals surface area contributed by atoms with Gasteiger partial charge in [-0.25, -0.2) is 0 Å². The molecule has 1 saturated carbocycles. The van der Waals surface area contributed by atoms with E-state index in [0.717, 1.165) is 67.7 Å². The molecule has 0 spiro atoms. The van der Waals surface area contributed by atoms with E-state index in [4.69, 9.17) is 0 Å². The van der Waals surface area contributed by atoms with Gasteiger partial charge in [0.25, 0.3) is 0 Å². The van der Waals surface area contributed by atoms with Crippen LogP contribution in [0.5, 0.6) is 0 Å². The summed E-state index contributed by atoms with van der Waals surface area (Å²) < 4.78 is 0.